The van der Waals surface area contributed by atoms with E-state index < -0.39 is 0 Å². The van der Waals surface area contributed by atoms with E-state index in [2.05, 4.69) is 0 Å². The minimum Gasteiger partial charge on any atom is -0.343 e. The average molecular weight is 210 g/mol. The molecule has 2 atom stereocenters. The third-order valence-corrected chi connectivity index (χ3v) is 3.86. The van der Waals surface area contributed by atoms with Gasteiger partial charge in [-0.05, 0) is 37.5 Å². The Bertz CT molecular complexity index is 238. The minimum absolute atomic E-state index is 0.213. The number of amides is 1. The highest BCUT2D eigenvalue weighted by Crippen LogP contribution is 2.36. The quantitative estimate of drug-likeness (QED) is 0.748. The molecule has 2 rings (SSSR count). The zero-order valence-electron chi connectivity index (χ0n) is 9.61. The van der Waals surface area contributed by atoms with Crippen LogP contribution in [0.2, 0.25) is 0 Å². The van der Waals surface area contributed by atoms with Gasteiger partial charge in [0.1, 0.15) is 0 Å². The Kier molecular flexibility index (Phi) is 3.29. The second-order valence-electron chi connectivity index (χ2n) is 5.14. The molecule has 15 heavy (non-hydrogen) atoms. The van der Waals surface area contributed by atoms with Crippen LogP contribution in [0.25, 0.3) is 0 Å². The summed E-state index contributed by atoms with van der Waals surface area (Å²) in [5, 5.41) is 0. The molecule has 0 spiro atoms. The van der Waals surface area contributed by atoms with E-state index in [0.29, 0.717) is 12.0 Å². The van der Waals surface area contributed by atoms with Crippen LogP contribution in [0.1, 0.15) is 39.0 Å². The van der Waals surface area contributed by atoms with Crippen molar-refractivity contribution in [1.82, 2.24) is 4.90 Å². The van der Waals surface area contributed by atoms with Crippen LogP contribution < -0.4 is 5.73 Å². The van der Waals surface area contributed by atoms with Gasteiger partial charge in [0.15, 0.2) is 0 Å². The Morgan fingerprint density at radius 3 is 2.60 bits per heavy atom. The molecule has 1 heterocycles. The molecule has 0 bridgehead atoms. The van der Waals surface area contributed by atoms with E-state index in [1.54, 1.807) is 6.92 Å². The summed E-state index contributed by atoms with van der Waals surface area (Å²) in [7, 11) is 0. The highest BCUT2D eigenvalue weighted by atomic mass is 16.2. The van der Waals surface area contributed by atoms with E-state index in [0.717, 1.165) is 25.4 Å². The Hall–Kier alpha value is -0.570. The van der Waals surface area contributed by atoms with Crippen LogP contribution in [-0.2, 0) is 4.79 Å². The van der Waals surface area contributed by atoms with Crippen molar-refractivity contribution in [2.75, 3.05) is 13.1 Å². The van der Waals surface area contributed by atoms with Gasteiger partial charge in [0.2, 0.25) is 5.91 Å². The lowest BCUT2D eigenvalue weighted by atomic mass is 9.92. The smallest absolute Gasteiger partial charge is 0.219 e. The first-order valence-corrected chi connectivity index (χ1v) is 6.19. The largest absolute Gasteiger partial charge is 0.343 e. The standard InChI is InChI=1S/C12H22N2O/c1-9(15)14-7-3-2-4-11(8-14)12(13)10-5-6-10/h10-12H,2-8,13H2,1H3. The number of carbonyl (C=O) groups is 1. The van der Waals surface area contributed by atoms with Crippen molar-refractivity contribution in [2.45, 2.75) is 45.1 Å². The zero-order chi connectivity index (χ0) is 10.8. The van der Waals surface area contributed by atoms with Crippen LogP contribution >= 0.6 is 0 Å². The van der Waals surface area contributed by atoms with Crippen molar-refractivity contribution in [3.63, 3.8) is 0 Å². The van der Waals surface area contributed by atoms with Gasteiger partial charge in [0.05, 0.1) is 0 Å². The van der Waals surface area contributed by atoms with Crippen molar-refractivity contribution in [3.05, 3.63) is 0 Å². The molecule has 1 saturated heterocycles. The third kappa shape index (κ3) is 2.71. The lowest BCUT2D eigenvalue weighted by Gasteiger charge is -2.27. The van der Waals surface area contributed by atoms with Crippen molar-refractivity contribution < 1.29 is 4.79 Å². The van der Waals surface area contributed by atoms with Crippen LogP contribution in [0.4, 0.5) is 0 Å². The maximum Gasteiger partial charge on any atom is 0.219 e. The van der Waals surface area contributed by atoms with Gasteiger partial charge in [0, 0.05) is 26.1 Å². The number of nitrogens with two attached hydrogens (primary N) is 1. The average Bonchev–Trinajstić information content (AvgIpc) is 3.04. The number of hydrogen-bond donors (Lipinski definition) is 1. The van der Waals surface area contributed by atoms with Crippen LogP contribution in [0.3, 0.4) is 0 Å². The highest BCUT2D eigenvalue weighted by molar-refractivity contribution is 5.73. The summed E-state index contributed by atoms with van der Waals surface area (Å²) in [5.74, 6) is 1.51. The maximum atomic E-state index is 11.4. The van der Waals surface area contributed by atoms with E-state index >= 15 is 0 Å². The molecule has 1 saturated carbocycles. The molecule has 3 nitrogen and oxygen atoms in total. The first-order chi connectivity index (χ1) is 7.18. The van der Waals surface area contributed by atoms with Gasteiger partial charge in [0.25, 0.3) is 0 Å². The van der Waals surface area contributed by atoms with E-state index in [1.807, 2.05) is 4.90 Å². The molecule has 0 aromatic rings. The summed E-state index contributed by atoms with van der Waals surface area (Å²) >= 11 is 0. The van der Waals surface area contributed by atoms with E-state index in [4.69, 9.17) is 5.73 Å². The molecule has 1 amide bonds. The fraction of sp³-hybridized carbons (Fsp3) is 0.917. The van der Waals surface area contributed by atoms with Crippen molar-refractivity contribution in [3.8, 4) is 0 Å². The van der Waals surface area contributed by atoms with Crippen molar-refractivity contribution in [1.29, 1.82) is 0 Å². The summed E-state index contributed by atoms with van der Waals surface area (Å²) in [6.07, 6.45) is 6.19. The lowest BCUT2D eigenvalue weighted by molar-refractivity contribution is -0.129. The number of hydrogen-bond acceptors (Lipinski definition) is 2. The number of carbonyl (C=O) groups excluding carboxylic acids is 1. The Labute approximate surface area is 92.0 Å². The number of nitrogens with zero attached hydrogens (tertiary/aromatic N) is 1. The molecule has 2 fully saturated rings. The predicted molar refractivity (Wildman–Crippen MR) is 60.3 cm³/mol. The molecular formula is C12H22N2O. The molecule has 1 aliphatic heterocycles. The fourth-order valence-electron chi connectivity index (χ4n) is 2.64. The Balaban J connectivity index is 1.94. The summed E-state index contributed by atoms with van der Waals surface area (Å²) < 4.78 is 0. The van der Waals surface area contributed by atoms with Crippen LogP contribution in [0, 0.1) is 11.8 Å². The molecule has 1 aliphatic carbocycles. The Morgan fingerprint density at radius 1 is 1.27 bits per heavy atom. The topological polar surface area (TPSA) is 46.3 Å². The molecule has 3 heteroatoms. The highest BCUT2D eigenvalue weighted by Gasteiger charge is 2.35. The van der Waals surface area contributed by atoms with Gasteiger partial charge in [-0.2, -0.15) is 0 Å². The summed E-state index contributed by atoms with van der Waals surface area (Å²) in [4.78, 5) is 13.4. The van der Waals surface area contributed by atoms with Crippen molar-refractivity contribution >= 4 is 5.91 Å². The van der Waals surface area contributed by atoms with Gasteiger partial charge >= 0.3 is 0 Å². The van der Waals surface area contributed by atoms with Crippen LogP contribution in [-0.4, -0.2) is 29.9 Å². The second kappa shape index (κ2) is 4.52. The van der Waals surface area contributed by atoms with Gasteiger partial charge in [-0.25, -0.2) is 0 Å². The van der Waals surface area contributed by atoms with Crippen molar-refractivity contribution in [2.24, 2.45) is 17.6 Å². The normalized spacial score (nSPS) is 29.7. The first kappa shape index (κ1) is 10.9. The van der Waals surface area contributed by atoms with E-state index in [-0.39, 0.29) is 5.91 Å². The Morgan fingerprint density at radius 2 is 2.00 bits per heavy atom. The van der Waals surface area contributed by atoms with E-state index in [1.165, 1.54) is 25.7 Å². The number of likely N-dealkylation sites (tertiary alicyclic amines) is 1. The zero-order valence-corrected chi connectivity index (χ0v) is 9.61. The van der Waals surface area contributed by atoms with Gasteiger partial charge < -0.3 is 10.6 Å². The molecule has 0 aromatic heterocycles. The molecule has 2 unspecified atom stereocenters. The summed E-state index contributed by atoms with van der Waals surface area (Å²) in [6, 6.07) is 0.338. The summed E-state index contributed by atoms with van der Waals surface area (Å²) in [6.45, 7) is 3.50. The minimum atomic E-state index is 0.213. The lowest BCUT2D eigenvalue weighted by Crippen LogP contribution is -2.41. The predicted octanol–water partition coefficient (Wildman–Crippen LogP) is 1.37. The fourth-order valence-corrected chi connectivity index (χ4v) is 2.64. The van der Waals surface area contributed by atoms with Gasteiger partial charge in [-0.3, -0.25) is 4.79 Å². The van der Waals surface area contributed by atoms with Crippen LogP contribution in [0.5, 0.6) is 0 Å². The summed E-state index contributed by atoms with van der Waals surface area (Å²) in [5.41, 5.74) is 6.25. The molecule has 2 aliphatic rings. The molecule has 86 valence electrons. The molecule has 0 radical (unpaired) electrons. The molecular weight excluding hydrogens is 188 g/mol. The molecule has 2 N–H and O–H groups in total. The van der Waals surface area contributed by atoms with Gasteiger partial charge in [-0.1, -0.05) is 6.42 Å². The van der Waals surface area contributed by atoms with Crippen LogP contribution in [0.15, 0.2) is 0 Å². The molecule has 0 aromatic carbocycles. The van der Waals surface area contributed by atoms with E-state index in [9.17, 15) is 4.79 Å². The maximum absolute atomic E-state index is 11.4. The number of rotatable bonds is 2. The first-order valence-electron chi connectivity index (χ1n) is 6.19. The van der Waals surface area contributed by atoms with Gasteiger partial charge in [-0.15, -0.1) is 0 Å². The second-order valence-corrected chi connectivity index (χ2v) is 5.14. The third-order valence-electron chi connectivity index (χ3n) is 3.86. The monoisotopic (exact) mass is 210 g/mol. The SMILES string of the molecule is CC(=O)N1CCCCC(C(N)C2CC2)C1.